The fourth-order valence-corrected chi connectivity index (χ4v) is 4.67. The van der Waals surface area contributed by atoms with E-state index in [0.29, 0.717) is 23.6 Å². The van der Waals surface area contributed by atoms with Crippen molar-refractivity contribution >= 4 is 50.6 Å². The predicted octanol–water partition coefficient (Wildman–Crippen LogP) is 3.76. The molecule has 0 saturated heterocycles. The van der Waals surface area contributed by atoms with E-state index in [-0.39, 0.29) is 22.4 Å². The van der Waals surface area contributed by atoms with Gasteiger partial charge in [-0.2, -0.15) is 0 Å². The van der Waals surface area contributed by atoms with Gasteiger partial charge >= 0.3 is 0 Å². The zero-order chi connectivity index (χ0) is 20.0. The van der Waals surface area contributed by atoms with Crippen molar-refractivity contribution in [2.75, 3.05) is 22.6 Å². The molecule has 0 atom stereocenters. The van der Waals surface area contributed by atoms with E-state index in [4.69, 9.17) is 5.73 Å². The number of carbonyl (C=O) groups excluding carboxylic acids is 2. The van der Waals surface area contributed by atoms with Gasteiger partial charge in [0.15, 0.2) is 0 Å². The van der Waals surface area contributed by atoms with Crippen LogP contribution in [0, 0.1) is 0 Å². The molecule has 4 N–H and O–H groups in total. The van der Waals surface area contributed by atoms with E-state index in [0.717, 1.165) is 6.42 Å². The Hall–Kier alpha value is -2.13. The first-order valence-electron chi connectivity index (χ1n) is 8.42. The van der Waals surface area contributed by atoms with Gasteiger partial charge in [-0.05, 0) is 50.8 Å². The molecule has 0 unspecified atom stereocenters. The molecule has 0 aliphatic carbocycles. The molecular weight excluding hydrogens is 382 g/mol. The molecule has 0 aliphatic rings. The second-order valence-corrected chi connectivity index (χ2v) is 9.79. The van der Waals surface area contributed by atoms with E-state index in [1.54, 1.807) is 63.7 Å². The number of imidazole rings is 1. The molecule has 146 valence electrons. The van der Waals surface area contributed by atoms with E-state index in [9.17, 15) is 9.59 Å². The van der Waals surface area contributed by atoms with Gasteiger partial charge in [0, 0.05) is 35.8 Å². The molecule has 0 bridgehead atoms. The van der Waals surface area contributed by atoms with Crippen LogP contribution in [0.1, 0.15) is 37.3 Å². The first-order chi connectivity index (χ1) is 12.7. The second kappa shape index (κ2) is 9.18. The normalized spacial score (nSPS) is 11.3. The molecular formula is C18H25N5O2S2. The van der Waals surface area contributed by atoms with Crippen LogP contribution in [0.4, 0.5) is 17.2 Å². The maximum atomic E-state index is 12.2. The number of aryl methyl sites for hydroxylation is 1. The second-order valence-electron chi connectivity index (χ2n) is 6.69. The Morgan fingerprint density at radius 3 is 2.30 bits per heavy atom. The van der Waals surface area contributed by atoms with Crippen LogP contribution in [0.5, 0.6) is 0 Å². The van der Waals surface area contributed by atoms with Gasteiger partial charge < -0.3 is 20.9 Å². The number of benzene rings is 1. The number of carbonyl (C=O) groups is 2. The van der Waals surface area contributed by atoms with Gasteiger partial charge in [-0.1, -0.05) is 21.6 Å². The quantitative estimate of drug-likeness (QED) is 0.576. The van der Waals surface area contributed by atoms with E-state index >= 15 is 0 Å². The number of nitrogens with zero attached hydrogens (tertiary/aromatic N) is 2. The molecule has 0 radical (unpaired) electrons. The van der Waals surface area contributed by atoms with Crippen LogP contribution in [0.25, 0.3) is 0 Å². The smallest absolute Gasteiger partial charge is 0.291 e. The number of aromatic nitrogens is 2. The lowest BCUT2D eigenvalue weighted by molar-refractivity contribution is -0.116. The van der Waals surface area contributed by atoms with Crippen molar-refractivity contribution in [1.29, 1.82) is 0 Å². The van der Waals surface area contributed by atoms with Gasteiger partial charge in [0.05, 0.1) is 0 Å². The maximum absolute atomic E-state index is 12.2. The first kappa shape index (κ1) is 21.2. The van der Waals surface area contributed by atoms with Gasteiger partial charge in [-0.3, -0.25) is 9.59 Å². The Morgan fingerprint density at radius 1 is 1.19 bits per heavy atom. The minimum Gasteiger partial charge on any atom is -0.382 e. The van der Waals surface area contributed by atoms with Crippen molar-refractivity contribution in [3.05, 3.63) is 36.3 Å². The minimum absolute atomic E-state index is 0.0231. The van der Waals surface area contributed by atoms with Gasteiger partial charge in [-0.15, -0.1) is 0 Å². The summed E-state index contributed by atoms with van der Waals surface area (Å²) in [5.41, 5.74) is 6.89. The number of hydrogen-bond acceptors (Lipinski definition) is 6. The van der Waals surface area contributed by atoms with Crippen molar-refractivity contribution in [3.63, 3.8) is 0 Å². The van der Waals surface area contributed by atoms with Crippen LogP contribution in [0.15, 0.2) is 30.5 Å². The molecule has 7 nitrogen and oxygen atoms in total. The average molecular weight is 408 g/mol. The molecule has 1 heterocycles. The van der Waals surface area contributed by atoms with Crippen molar-refractivity contribution in [1.82, 2.24) is 9.55 Å². The lowest BCUT2D eigenvalue weighted by Gasteiger charge is -2.21. The number of anilines is 3. The number of hydrogen-bond donors (Lipinski definition) is 3. The maximum Gasteiger partial charge on any atom is 0.291 e. The van der Waals surface area contributed by atoms with Gasteiger partial charge in [-0.25, -0.2) is 4.98 Å². The van der Waals surface area contributed by atoms with Crippen LogP contribution < -0.4 is 16.4 Å². The van der Waals surface area contributed by atoms with Gasteiger partial charge in [0.2, 0.25) is 11.7 Å². The Balaban J connectivity index is 1.88. The van der Waals surface area contributed by atoms with Crippen molar-refractivity contribution in [2.45, 2.75) is 31.4 Å². The molecule has 0 fully saturated rings. The molecule has 1 aromatic carbocycles. The summed E-state index contributed by atoms with van der Waals surface area (Å²) in [5.74, 6) is 0.153. The third kappa shape index (κ3) is 6.51. The highest BCUT2D eigenvalue weighted by atomic mass is 33.1. The van der Waals surface area contributed by atoms with Crippen molar-refractivity contribution in [3.8, 4) is 0 Å². The summed E-state index contributed by atoms with van der Waals surface area (Å²) in [4.78, 5) is 28.3. The predicted molar refractivity (Wildman–Crippen MR) is 115 cm³/mol. The first-order valence-corrected chi connectivity index (χ1v) is 11.0. The summed E-state index contributed by atoms with van der Waals surface area (Å²) in [6.07, 6.45) is 4.87. The summed E-state index contributed by atoms with van der Waals surface area (Å²) in [5, 5.41) is 5.64. The van der Waals surface area contributed by atoms with E-state index in [1.807, 2.05) is 6.26 Å². The zero-order valence-corrected chi connectivity index (χ0v) is 17.5. The highest BCUT2D eigenvalue weighted by molar-refractivity contribution is 8.76. The fraction of sp³-hybridized carbons (Fsp3) is 0.389. The summed E-state index contributed by atoms with van der Waals surface area (Å²) in [6.45, 7) is 4.27. The van der Waals surface area contributed by atoms with Gasteiger partial charge in [0.25, 0.3) is 5.91 Å². The standard InChI is InChI=1S/C18H25N5O2S2/c1-18(2,27-26-4)10-9-15(24)20-12-5-7-13(8-6-12)21-17(25)16-22-14(19)11-23(16)3/h5-8,11H,9-10,19H2,1-4H3,(H,20,24)(H,21,25). The molecule has 9 heteroatoms. The molecule has 2 aromatic rings. The van der Waals surface area contributed by atoms with E-state index in [1.165, 1.54) is 0 Å². The van der Waals surface area contributed by atoms with Crippen LogP contribution in [0.3, 0.4) is 0 Å². The lowest BCUT2D eigenvalue weighted by Crippen LogP contribution is -2.19. The zero-order valence-electron chi connectivity index (χ0n) is 15.9. The molecule has 2 amide bonds. The average Bonchev–Trinajstić information content (AvgIpc) is 2.93. The Labute approximate surface area is 167 Å². The van der Waals surface area contributed by atoms with Gasteiger partial charge in [0.1, 0.15) is 5.82 Å². The number of nitrogens with one attached hydrogen (secondary N) is 2. The number of nitrogen functional groups attached to an aromatic ring is 1. The Bertz CT molecular complexity index is 803. The summed E-state index contributed by atoms with van der Waals surface area (Å²) in [7, 11) is 5.18. The highest BCUT2D eigenvalue weighted by Crippen LogP contribution is 2.37. The Morgan fingerprint density at radius 2 is 1.78 bits per heavy atom. The van der Waals surface area contributed by atoms with Crippen LogP contribution in [0.2, 0.25) is 0 Å². The molecule has 27 heavy (non-hydrogen) atoms. The molecule has 0 spiro atoms. The minimum atomic E-state index is -0.348. The molecule has 1 aromatic heterocycles. The number of rotatable bonds is 8. The monoisotopic (exact) mass is 407 g/mol. The highest BCUT2D eigenvalue weighted by Gasteiger charge is 2.19. The third-order valence-corrected chi connectivity index (χ3v) is 6.46. The summed E-state index contributed by atoms with van der Waals surface area (Å²) in [6, 6.07) is 6.96. The third-order valence-electron chi connectivity index (χ3n) is 3.79. The van der Waals surface area contributed by atoms with Crippen molar-refractivity contribution in [2.24, 2.45) is 7.05 Å². The van der Waals surface area contributed by atoms with Crippen LogP contribution >= 0.6 is 21.6 Å². The number of amides is 2. The summed E-state index contributed by atoms with van der Waals surface area (Å²) >= 11 is 0. The largest absolute Gasteiger partial charge is 0.382 e. The topological polar surface area (TPSA) is 102 Å². The SMILES string of the molecule is CSSC(C)(C)CCC(=O)Nc1ccc(NC(=O)c2nc(N)cn2C)cc1. The van der Waals surface area contributed by atoms with Crippen molar-refractivity contribution < 1.29 is 9.59 Å². The lowest BCUT2D eigenvalue weighted by atomic mass is 10.1. The summed E-state index contributed by atoms with van der Waals surface area (Å²) < 4.78 is 1.62. The molecule has 0 saturated carbocycles. The van der Waals surface area contributed by atoms with E-state index < -0.39 is 0 Å². The Kier molecular flexibility index (Phi) is 7.20. The molecule has 2 rings (SSSR count). The van der Waals surface area contributed by atoms with Crippen LogP contribution in [-0.2, 0) is 11.8 Å². The van der Waals surface area contributed by atoms with E-state index in [2.05, 4.69) is 29.5 Å². The number of nitrogens with two attached hydrogens (primary N) is 1. The fourth-order valence-electron chi connectivity index (χ4n) is 2.43. The van der Waals surface area contributed by atoms with Crippen LogP contribution in [-0.4, -0.2) is 32.4 Å². The molecule has 0 aliphatic heterocycles.